The van der Waals surface area contributed by atoms with Gasteiger partial charge in [0.2, 0.25) is 0 Å². The van der Waals surface area contributed by atoms with Crippen LogP contribution in [0.4, 0.5) is 21.9 Å². The van der Waals surface area contributed by atoms with Crippen molar-refractivity contribution in [1.29, 1.82) is 0 Å². The molecule has 34 heavy (non-hydrogen) atoms. The number of nitrogens with zero attached hydrogens (tertiary/aromatic N) is 3. The van der Waals surface area contributed by atoms with Crippen molar-refractivity contribution in [2.75, 3.05) is 4.90 Å². The Bertz CT molecular complexity index is 1410. The Kier molecular flexibility index (Phi) is 5.65. The van der Waals surface area contributed by atoms with Crippen LogP contribution in [-0.2, 0) is 9.59 Å². The highest BCUT2D eigenvalue weighted by Crippen LogP contribution is 2.32. The number of nitro groups is 2. The second-order valence-corrected chi connectivity index (χ2v) is 7.26. The van der Waals surface area contributed by atoms with E-state index in [1.54, 1.807) is 0 Å². The zero-order chi connectivity index (χ0) is 24.6. The van der Waals surface area contributed by atoms with Crippen LogP contribution in [0.25, 0.3) is 17.4 Å². The van der Waals surface area contributed by atoms with Crippen LogP contribution in [0.15, 0.2) is 64.6 Å². The number of carbonyl (C=O) groups excluding carboxylic acids is 3. The third kappa shape index (κ3) is 4.12. The maximum absolute atomic E-state index is 12.9. The summed E-state index contributed by atoms with van der Waals surface area (Å²) < 4.78 is 5.60. The Labute approximate surface area is 194 Å². The monoisotopic (exact) mass is 482 g/mol. The first-order valence-electron chi connectivity index (χ1n) is 9.36. The molecule has 0 unspecified atom stereocenters. The molecule has 1 fully saturated rings. The summed E-state index contributed by atoms with van der Waals surface area (Å²) in [5, 5.41) is 23.9. The maximum Gasteiger partial charge on any atom is 0.335 e. The van der Waals surface area contributed by atoms with Gasteiger partial charge in [-0.15, -0.1) is 0 Å². The van der Waals surface area contributed by atoms with Crippen molar-refractivity contribution >= 4 is 52.6 Å². The van der Waals surface area contributed by atoms with Gasteiger partial charge in [-0.05, 0) is 42.5 Å². The Morgan fingerprint density at radius 1 is 0.941 bits per heavy atom. The van der Waals surface area contributed by atoms with Gasteiger partial charge in [-0.1, -0.05) is 11.6 Å². The first kappa shape index (κ1) is 22.4. The van der Waals surface area contributed by atoms with E-state index in [-0.39, 0.29) is 33.6 Å². The van der Waals surface area contributed by atoms with Gasteiger partial charge in [-0.25, -0.2) is 9.69 Å². The van der Waals surface area contributed by atoms with Gasteiger partial charge in [0, 0.05) is 23.8 Å². The summed E-state index contributed by atoms with van der Waals surface area (Å²) in [6.07, 6.45) is 1.11. The van der Waals surface area contributed by atoms with Crippen LogP contribution in [0.2, 0.25) is 5.02 Å². The second-order valence-electron chi connectivity index (χ2n) is 6.86. The van der Waals surface area contributed by atoms with E-state index in [1.165, 1.54) is 42.5 Å². The Hall–Kier alpha value is -4.84. The van der Waals surface area contributed by atoms with Crippen LogP contribution in [0.1, 0.15) is 5.76 Å². The number of barbiturate groups is 1. The molecule has 1 aliphatic rings. The summed E-state index contributed by atoms with van der Waals surface area (Å²) >= 11 is 5.82. The van der Waals surface area contributed by atoms with Gasteiger partial charge in [0.1, 0.15) is 22.1 Å². The van der Waals surface area contributed by atoms with Crippen molar-refractivity contribution in [2.45, 2.75) is 0 Å². The maximum atomic E-state index is 12.9. The van der Waals surface area contributed by atoms with Gasteiger partial charge in [0.25, 0.3) is 23.2 Å². The minimum atomic E-state index is -1.02. The van der Waals surface area contributed by atoms with E-state index in [2.05, 4.69) is 0 Å². The smallest absolute Gasteiger partial charge is 0.335 e. The van der Waals surface area contributed by atoms with E-state index in [0.717, 1.165) is 18.2 Å². The van der Waals surface area contributed by atoms with Gasteiger partial charge < -0.3 is 4.42 Å². The van der Waals surface area contributed by atoms with Crippen LogP contribution in [0, 0.1) is 20.2 Å². The lowest BCUT2D eigenvalue weighted by Crippen LogP contribution is -2.54. The number of amides is 4. The van der Waals surface area contributed by atoms with Crippen LogP contribution in [0.5, 0.6) is 0 Å². The van der Waals surface area contributed by atoms with Crippen LogP contribution in [-0.4, -0.2) is 27.7 Å². The molecule has 170 valence electrons. The molecule has 13 heteroatoms. The number of anilines is 1. The number of hydrogen-bond donors (Lipinski definition) is 1. The van der Waals surface area contributed by atoms with Gasteiger partial charge in [-0.3, -0.25) is 35.1 Å². The van der Waals surface area contributed by atoms with Crippen LogP contribution < -0.4 is 10.2 Å². The number of carbonyl (C=O) groups is 3. The second kappa shape index (κ2) is 8.60. The molecule has 1 saturated heterocycles. The predicted octanol–water partition coefficient (Wildman–Crippen LogP) is 4.08. The van der Waals surface area contributed by atoms with Crippen LogP contribution in [0.3, 0.4) is 0 Å². The molecule has 1 aliphatic heterocycles. The first-order valence-corrected chi connectivity index (χ1v) is 9.73. The molecular weight excluding hydrogens is 472 g/mol. The molecule has 0 aliphatic carbocycles. The predicted molar refractivity (Wildman–Crippen MR) is 118 cm³/mol. The SMILES string of the molecule is O=C1NC(=O)N(c2ccc([N+](=O)[O-])cc2)C(=O)/C1=C\c1ccc(-c2ccc(Cl)c([N+](=O)[O-])c2)o1. The molecular formula is C21H11ClN4O8. The van der Waals surface area contributed by atoms with Crippen molar-refractivity contribution in [1.82, 2.24) is 5.32 Å². The van der Waals surface area contributed by atoms with E-state index < -0.39 is 33.3 Å². The normalized spacial score (nSPS) is 14.9. The molecule has 0 radical (unpaired) electrons. The van der Waals surface area contributed by atoms with Gasteiger partial charge in [0.05, 0.1) is 15.5 Å². The topological polar surface area (TPSA) is 166 Å². The zero-order valence-electron chi connectivity index (χ0n) is 16.8. The average molecular weight is 483 g/mol. The Balaban J connectivity index is 1.66. The number of furan rings is 1. The number of non-ortho nitro benzene ring substituents is 1. The minimum Gasteiger partial charge on any atom is -0.457 e. The molecule has 4 amide bonds. The van der Waals surface area contributed by atoms with E-state index in [4.69, 9.17) is 16.0 Å². The number of halogens is 1. The lowest BCUT2D eigenvalue weighted by atomic mass is 10.1. The number of hydrogen-bond acceptors (Lipinski definition) is 8. The highest BCUT2D eigenvalue weighted by molar-refractivity contribution is 6.39. The van der Waals surface area contributed by atoms with Crippen LogP contribution >= 0.6 is 11.6 Å². The fourth-order valence-corrected chi connectivity index (χ4v) is 3.34. The van der Waals surface area contributed by atoms with E-state index >= 15 is 0 Å². The quantitative estimate of drug-likeness (QED) is 0.245. The molecule has 0 atom stereocenters. The van der Waals surface area contributed by atoms with Gasteiger partial charge >= 0.3 is 6.03 Å². The molecule has 12 nitrogen and oxygen atoms in total. The number of nitrogens with one attached hydrogen (secondary N) is 1. The number of urea groups is 1. The number of imide groups is 2. The van der Waals surface area contributed by atoms with Gasteiger partial charge in [-0.2, -0.15) is 0 Å². The molecule has 4 rings (SSSR count). The number of benzene rings is 2. The largest absolute Gasteiger partial charge is 0.457 e. The Morgan fingerprint density at radius 3 is 2.29 bits per heavy atom. The van der Waals surface area contributed by atoms with Crippen molar-refractivity contribution in [3.8, 4) is 11.3 Å². The summed E-state index contributed by atoms with van der Waals surface area (Å²) in [6.45, 7) is 0. The summed E-state index contributed by atoms with van der Waals surface area (Å²) in [4.78, 5) is 58.8. The molecule has 0 saturated carbocycles. The molecule has 1 N–H and O–H groups in total. The van der Waals surface area contributed by atoms with E-state index in [9.17, 15) is 34.6 Å². The molecule has 0 spiro atoms. The van der Waals surface area contributed by atoms with Gasteiger partial charge in [0.15, 0.2) is 0 Å². The fourth-order valence-electron chi connectivity index (χ4n) is 3.15. The zero-order valence-corrected chi connectivity index (χ0v) is 17.5. The van der Waals surface area contributed by atoms with Crippen molar-refractivity contribution < 1.29 is 28.6 Å². The van der Waals surface area contributed by atoms with Crippen molar-refractivity contribution in [3.63, 3.8) is 0 Å². The van der Waals surface area contributed by atoms with Crippen molar-refractivity contribution in [3.05, 3.63) is 91.2 Å². The van der Waals surface area contributed by atoms with E-state index in [1.807, 2.05) is 5.32 Å². The highest BCUT2D eigenvalue weighted by Gasteiger charge is 2.37. The molecule has 2 aromatic carbocycles. The minimum absolute atomic E-state index is 0.0140. The Morgan fingerprint density at radius 2 is 1.65 bits per heavy atom. The lowest BCUT2D eigenvalue weighted by molar-refractivity contribution is -0.384. The first-order chi connectivity index (χ1) is 16.2. The summed E-state index contributed by atoms with van der Waals surface area (Å²) in [6, 6.07) is 10.5. The van der Waals surface area contributed by atoms with Crippen molar-refractivity contribution in [2.24, 2.45) is 0 Å². The lowest BCUT2D eigenvalue weighted by Gasteiger charge is -2.26. The summed E-state index contributed by atoms with van der Waals surface area (Å²) in [5.41, 5.74) is -0.649. The average Bonchev–Trinajstić information content (AvgIpc) is 3.25. The standard InChI is InChI=1S/C21H11ClN4O8/c22-16-7-1-11(9-17(16)26(32)33)18-8-6-14(34-18)10-15-19(27)23-21(29)24(20(15)28)12-2-4-13(5-3-12)25(30)31/h1-10H,(H,23,27,29)/b15-10-. The fraction of sp³-hybridized carbons (Fsp3) is 0. The molecule has 0 bridgehead atoms. The molecule has 1 aromatic heterocycles. The third-order valence-corrected chi connectivity index (χ3v) is 5.08. The number of nitro benzene ring substituents is 2. The molecule has 3 aromatic rings. The summed E-state index contributed by atoms with van der Waals surface area (Å²) in [5.74, 6) is -1.67. The molecule has 2 heterocycles. The van der Waals surface area contributed by atoms with E-state index in [0.29, 0.717) is 10.5 Å². The third-order valence-electron chi connectivity index (χ3n) is 4.76. The highest BCUT2D eigenvalue weighted by atomic mass is 35.5. The summed E-state index contributed by atoms with van der Waals surface area (Å²) in [7, 11) is 0. The number of rotatable bonds is 5.